The van der Waals surface area contributed by atoms with Crippen LogP contribution in [0, 0.1) is 5.41 Å². The Kier molecular flexibility index (Phi) is 3.87. The van der Waals surface area contributed by atoms with Gasteiger partial charge in [-0.2, -0.15) is 0 Å². The molecule has 1 fully saturated rings. The highest BCUT2D eigenvalue weighted by molar-refractivity contribution is 7.99. The number of hydrogen-bond donors (Lipinski definition) is 2. The fourth-order valence-electron chi connectivity index (χ4n) is 1.97. The zero-order chi connectivity index (χ0) is 13.3. The van der Waals surface area contributed by atoms with E-state index in [0.29, 0.717) is 12.1 Å². The molecule has 0 aromatic carbocycles. The zero-order valence-electron chi connectivity index (χ0n) is 11.5. The van der Waals surface area contributed by atoms with Crippen LogP contribution in [0.25, 0.3) is 0 Å². The van der Waals surface area contributed by atoms with Crippen LogP contribution in [0.15, 0.2) is 9.95 Å². The molecule has 0 radical (unpaired) electrons. The second-order valence-corrected chi connectivity index (χ2v) is 6.92. The van der Waals surface area contributed by atoms with Crippen LogP contribution < -0.4 is 11.0 Å². The molecule has 1 atom stereocenters. The SMILES string of the molecule is CNC(CSc1n[nH]c(=O)n1C1CC1)C(C)(C)C. The van der Waals surface area contributed by atoms with Gasteiger partial charge in [0.2, 0.25) is 0 Å². The Bertz CT molecular complexity index is 455. The highest BCUT2D eigenvalue weighted by Crippen LogP contribution is 2.36. The third-order valence-corrected chi connectivity index (χ3v) is 4.40. The summed E-state index contributed by atoms with van der Waals surface area (Å²) in [6, 6.07) is 0.767. The average molecular weight is 270 g/mol. The Morgan fingerprint density at radius 2 is 2.22 bits per heavy atom. The first-order valence-electron chi connectivity index (χ1n) is 6.40. The molecule has 1 heterocycles. The molecule has 2 N–H and O–H groups in total. The summed E-state index contributed by atoms with van der Waals surface area (Å²) in [7, 11) is 1.98. The second-order valence-electron chi connectivity index (χ2n) is 5.93. The zero-order valence-corrected chi connectivity index (χ0v) is 12.3. The Labute approximate surface area is 112 Å². The standard InChI is InChI=1S/C12H22N4OS/c1-12(2,3)9(13-4)7-18-11-15-14-10(17)16(11)8-5-6-8/h8-9,13H,5-7H2,1-4H3,(H,14,17). The molecule has 0 amide bonds. The van der Waals surface area contributed by atoms with E-state index in [9.17, 15) is 4.79 Å². The number of H-pyrrole nitrogens is 1. The summed E-state index contributed by atoms with van der Waals surface area (Å²) in [5.41, 5.74) is 0.125. The summed E-state index contributed by atoms with van der Waals surface area (Å²) >= 11 is 1.65. The van der Waals surface area contributed by atoms with Crippen molar-refractivity contribution >= 4 is 11.8 Å². The van der Waals surface area contributed by atoms with Gasteiger partial charge in [0, 0.05) is 17.8 Å². The fourth-order valence-corrected chi connectivity index (χ4v) is 3.43. The predicted octanol–water partition coefficient (Wildman–Crippen LogP) is 1.63. The quantitative estimate of drug-likeness (QED) is 0.798. The van der Waals surface area contributed by atoms with Crippen LogP contribution in [0.4, 0.5) is 0 Å². The van der Waals surface area contributed by atoms with Gasteiger partial charge in [0.1, 0.15) is 0 Å². The summed E-state index contributed by atoms with van der Waals surface area (Å²) < 4.78 is 1.81. The van der Waals surface area contributed by atoms with Crippen molar-refractivity contribution in [3.05, 3.63) is 10.5 Å². The molecule has 1 aliphatic rings. The lowest BCUT2D eigenvalue weighted by molar-refractivity contribution is 0.305. The van der Waals surface area contributed by atoms with Gasteiger partial charge in [-0.1, -0.05) is 32.5 Å². The molecule has 1 aromatic rings. The van der Waals surface area contributed by atoms with Gasteiger partial charge in [-0.05, 0) is 25.3 Å². The minimum Gasteiger partial charge on any atom is -0.316 e. The van der Waals surface area contributed by atoms with Crippen molar-refractivity contribution in [1.29, 1.82) is 0 Å². The maximum absolute atomic E-state index is 11.6. The molecule has 0 saturated heterocycles. The van der Waals surface area contributed by atoms with E-state index in [0.717, 1.165) is 23.8 Å². The van der Waals surface area contributed by atoms with Crippen molar-refractivity contribution in [3.8, 4) is 0 Å². The maximum atomic E-state index is 11.6. The minimum atomic E-state index is -0.0724. The number of rotatable bonds is 5. The van der Waals surface area contributed by atoms with Crippen LogP contribution in [-0.2, 0) is 0 Å². The van der Waals surface area contributed by atoms with E-state index in [2.05, 4.69) is 36.3 Å². The van der Waals surface area contributed by atoms with Crippen molar-refractivity contribution in [2.75, 3.05) is 12.8 Å². The molecule has 5 nitrogen and oxygen atoms in total. The van der Waals surface area contributed by atoms with Gasteiger partial charge in [0.25, 0.3) is 0 Å². The summed E-state index contributed by atoms with van der Waals surface area (Å²) in [5, 5.41) is 10.8. The second kappa shape index (κ2) is 5.09. The molecule has 0 bridgehead atoms. The van der Waals surface area contributed by atoms with E-state index < -0.39 is 0 Å². The summed E-state index contributed by atoms with van der Waals surface area (Å²) in [6.07, 6.45) is 2.20. The van der Waals surface area contributed by atoms with Crippen LogP contribution in [-0.4, -0.2) is 33.6 Å². The largest absolute Gasteiger partial charge is 0.344 e. The molecular weight excluding hydrogens is 248 g/mol. The van der Waals surface area contributed by atoms with E-state index in [1.807, 2.05) is 7.05 Å². The van der Waals surface area contributed by atoms with Gasteiger partial charge >= 0.3 is 5.69 Å². The number of aromatic nitrogens is 3. The average Bonchev–Trinajstić information content (AvgIpc) is 3.03. The van der Waals surface area contributed by atoms with Crippen molar-refractivity contribution in [2.45, 2.75) is 50.9 Å². The van der Waals surface area contributed by atoms with Crippen LogP contribution in [0.5, 0.6) is 0 Å². The van der Waals surface area contributed by atoms with Gasteiger partial charge < -0.3 is 5.32 Å². The molecule has 1 saturated carbocycles. The van der Waals surface area contributed by atoms with E-state index in [4.69, 9.17) is 0 Å². The monoisotopic (exact) mass is 270 g/mol. The Morgan fingerprint density at radius 3 is 2.72 bits per heavy atom. The highest BCUT2D eigenvalue weighted by Gasteiger charge is 2.29. The van der Waals surface area contributed by atoms with Crippen LogP contribution in [0.1, 0.15) is 39.7 Å². The normalized spacial score (nSPS) is 18.0. The summed E-state index contributed by atoms with van der Waals surface area (Å²) in [6.45, 7) is 6.65. The third-order valence-electron chi connectivity index (χ3n) is 3.36. The number of thioether (sulfide) groups is 1. The van der Waals surface area contributed by atoms with Crippen LogP contribution in [0.3, 0.4) is 0 Å². The van der Waals surface area contributed by atoms with Gasteiger partial charge in [-0.3, -0.25) is 4.57 Å². The lowest BCUT2D eigenvalue weighted by Crippen LogP contribution is -2.40. The van der Waals surface area contributed by atoms with Gasteiger partial charge in [0.05, 0.1) is 0 Å². The Balaban J connectivity index is 2.04. The van der Waals surface area contributed by atoms with Crippen molar-refractivity contribution < 1.29 is 0 Å². The molecule has 18 heavy (non-hydrogen) atoms. The van der Waals surface area contributed by atoms with E-state index in [1.165, 1.54) is 0 Å². The van der Waals surface area contributed by atoms with Gasteiger partial charge in [-0.15, -0.1) is 5.10 Å². The lowest BCUT2D eigenvalue weighted by Gasteiger charge is -2.29. The fraction of sp³-hybridized carbons (Fsp3) is 0.833. The summed E-state index contributed by atoms with van der Waals surface area (Å²) in [4.78, 5) is 11.6. The Hall–Kier alpha value is -0.750. The molecular formula is C12H22N4OS. The number of hydrogen-bond acceptors (Lipinski definition) is 4. The van der Waals surface area contributed by atoms with Crippen LogP contribution >= 0.6 is 11.8 Å². The molecule has 1 aromatic heterocycles. The van der Waals surface area contributed by atoms with Crippen LogP contribution in [0.2, 0.25) is 0 Å². The first-order valence-corrected chi connectivity index (χ1v) is 7.39. The highest BCUT2D eigenvalue weighted by atomic mass is 32.2. The summed E-state index contributed by atoms with van der Waals surface area (Å²) in [5.74, 6) is 0.914. The number of nitrogens with one attached hydrogen (secondary N) is 2. The molecule has 1 aliphatic carbocycles. The van der Waals surface area contributed by atoms with Crippen molar-refractivity contribution in [3.63, 3.8) is 0 Å². The van der Waals surface area contributed by atoms with Gasteiger partial charge in [0.15, 0.2) is 5.16 Å². The first kappa shape index (κ1) is 13.7. The molecule has 102 valence electrons. The molecule has 1 unspecified atom stereocenters. The molecule has 6 heteroatoms. The third kappa shape index (κ3) is 2.98. The number of aromatic amines is 1. The maximum Gasteiger partial charge on any atom is 0.344 e. The van der Waals surface area contributed by atoms with E-state index >= 15 is 0 Å². The molecule has 0 spiro atoms. The van der Waals surface area contributed by atoms with Crippen molar-refractivity contribution in [1.82, 2.24) is 20.1 Å². The van der Waals surface area contributed by atoms with E-state index in [1.54, 1.807) is 16.3 Å². The predicted molar refractivity (Wildman–Crippen MR) is 74.1 cm³/mol. The van der Waals surface area contributed by atoms with Gasteiger partial charge in [-0.25, -0.2) is 9.89 Å². The topological polar surface area (TPSA) is 62.7 Å². The first-order chi connectivity index (χ1) is 8.43. The smallest absolute Gasteiger partial charge is 0.316 e. The minimum absolute atomic E-state index is 0.0724. The molecule has 0 aliphatic heterocycles. The van der Waals surface area contributed by atoms with E-state index in [-0.39, 0.29) is 11.1 Å². The number of nitrogens with zero attached hydrogens (tertiary/aromatic N) is 2. The Morgan fingerprint density at radius 1 is 1.56 bits per heavy atom. The van der Waals surface area contributed by atoms with Crippen molar-refractivity contribution in [2.24, 2.45) is 5.41 Å². The molecule has 2 rings (SSSR count). The lowest BCUT2D eigenvalue weighted by atomic mass is 9.88.